The molecule has 4 aromatic carbocycles. The van der Waals surface area contributed by atoms with Crippen molar-refractivity contribution in [1.29, 1.82) is 0 Å². The predicted molar refractivity (Wildman–Crippen MR) is 262 cm³/mol. The van der Waals surface area contributed by atoms with E-state index in [-0.39, 0.29) is 24.4 Å². The summed E-state index contributed by atoms with van der Waals surface area (Å²) in [6.07, 6.45) is 2.08. The van der Waals surface area contributed by atoms with E-state index in [0.717, 1.165) is 38.1 Å². The number of rotatable bonds is 18. The molecule has 0 spiro atoms. The molecule has 7 aromatic rings. The van der Waals surface area contributed by atoms with Gasteiger partial charge >= 0.3 is 14.9 Å². The van der Waals surface area contributed by atoms with Crippen molar-refractivity contribution in [2.75, 3.05) is 59.5 Å². The minimum Gasteiger partial charge on any atom is -0.497 e. The van der Waals surface area contributed by atoms with E-state index in [1.165, 1.54) is 44.7 Å². The zero-order chi connectivity index (χ0) is 48.7. The maximum Gasteiger partial charge on any atom is 0.494 e. The molecule has 2 N–H and O–H groups in total. The summed E-state index contributed by atoms with van der Waals surface area (Å²) in [5, 5.41) is 0. The largest absolute Gasteiger partial charge is 0.497 e. The highest BCUT2D eigenvalue weighted by Crippen LogP contribution is 2.46. The lowest BCUT2D eigenvalue weighted by molar-refractivity contribution is -0.0545. The maximum absolute atomic E-state index is 13.1. The average molecular weight is 961 g/mol. The Morgan fingerprint density at radius 1 is 0.826 bits per heavy atom. The van der Waals surface area contributed by atoms with Gasteiger partial charge in [-0.25, -0.2) is 18.9 Å². The van der Waals surface area contributed by atoms with E-state index < -0.39 is 50.6 Å². The molecule has 1 unspecified atom stereocenters. The van der Waals surface area contributed by atoms with E-state index in [0.29, 0.717) is 11.4 Å². The van der Waals surface area contributed by atoms with Crippen LogP contribution in [0.2, 0.25) is 0 Å². The molecule has 2 saturated heterocycles. The minimum absolute atomic E-state index is 0.110. The Bertz CT molecular complexity index is 2790. The van der Waals surface area contributed by atoms with Crippen LogP contribution in [0.4, 0.5) is 5.95 Å². The fraction of sp³-hybridized carbons (Fsp3) is 0.347. The van der Waals surface area contributed by atoms with E-state index in [2.05, 4.69) is 57.7 Å². The first-order valence-corrected chi connectivity index (χ1v) is 24.3. The van der Waals surface area contributed by atoms with Crippen LogP contribution in [0.5, 0.6) is 11.5 Å². The van der Waals surface area contributed by atoms with Crippen LogP contribution in [0.25, 0.3) is 11.2 Å². The summed E-state index contributed by atoms with van der Waals surface area (Å²) in [6.45, 7) is 10.0. The summed E-state index contributed by atoms with van der Waals surface area (Å²) in [6, 6.07) is 33.5. The molecule has 5 heterocycles. The number of hydrogen-bond donors (Lipinski definition) is 2. The molecule has 0 amide bonds. The summed E-state index contributed by atoms with van der Waals surface area (Å²) >= 11 is 0. The minimum atomic E-state index is -4.32. The number of benzene rings is 4. The molecular formula is C49H58BN8O10P. The second-order valence-corrected chi connectivity index (χ2v) is 18.3. The number of H-pyrrole nitrogens is 1. The van der Waals surface area contributed by atoms with Crippen molar-refractivity contribution in [2.45, 2.75) is 57.5 Å². The number of imidazole rings is 2. The topological polar surface area (TPSA) is 190 Å². The summed E-state index contributed by atoms with van der Waals surface area (Å²) in [5.74, 6) is 1.77. The van der Waals surface area contributed by atoms with E-state index in [9.17, 15) is 14.3 Å². The predicted octanol–water partition coefficient (Wildman–Crippen LogP) is 6.00. The van der Waals surface area contributed by atoms with Crippen LogP contribution in [0.3, 0.4) is 0 Å². The number of nitrogens with one attached hydrogen (secondary N) is 1. The molecule has 2 fully saturated rings. The number of fused-ring (bicyclic) bond motifs is 2. The maximum atomic E-state index is 13.1. The Kier molecular flexibility index (Phi) is 15.5. The van der Waals surface area contributed by atoms with Crippen molar-refractivity contribution in [1.82, 2.24) is 33.7 Å². The van der Waals surface area contributed by atoms with Gasteiger partial charge in [-0.15, -0.1) is 0 Å². The lowest BCUT2D eigenvalue weighted by Gasteiger charge is -2.36. The smallest absolute Gasteiger partial charge is 0.494 e. The fourth-order valence-electron chi connectivity index (χ4n) is 8.51. The average Bonchev–Trinajstić information content (AvgIpc) is 4.22. The third kappa shape index (κ3) is 10.4. The molecule has 362 valence electrons. The first kappa shape index (κ1) is 49.3. The van der Waals surface area contributed by atoms with Gasteiger partial charge in [0.05, 0.1) is 33.8 Å². The molecule has 0 radical (unpaired) electrons. The molecule has 2 aliphatic heterocycles. The van der Waals surface area contributed by atoms with Crippen molar-refractivity contribution in [3.8, 4) is 11.5 Å². The monoisotopic (exact) mass is 960 g/mol. The molecule has 0 bridgehead atoms. The Balaban J connectivity index is 0.000000853. The van der Waals surface area contributed by atoms with Gasteiger partial charge in [-0.05, 0) is 71.6 Å². The van der Waals surface area contributed by atoms with E-state index >= 15 is 0 Å². The van der Waals surface area contributed by atoms with Crippen LogP contribution >= 0.6 is 7.75 Å². The van der Waals surface area contributed by atoms with Gasteiger partial charge in [0.1, 0.15) is 41.7 Å². The molecule has 0 saturated carbocycles. The number of ether oxygens (including phenoxy) is 4. The lowest BCUT2D eigenvalue weighted by Crippen LogP contribution is -2.37. The van der Waals surface area contributed by atoms with Gasteiger partial charge in [0, 0.05) is 26.5 Å². The SMILES string of the molecule is CCN(CC)CC.COc1ccc(C(OCc2ccc(B3O[C@@H]4[C@H](O3)[C@@H](COP(=O)(O)n3ccnc3)O[C@H]4n3cnc4c(=O)[nH]c(N(C)C)nc43)cc2)(c2ccccc2)c2ccc(OC)cc2)cc1. The summed E-state index contributed by atoms with van der Waals surface area (Å²) in [4.78, 5) is 43.3. The highest BCUT2D eigenvalue weighted by molar-refractivity contribution is 7.51. The second kappa shape index (κ2) is 21.7. The lowest BCUT2D eigenvalue weighted by atomic mass is 9.79. The van der Waals surface area contributed by atoms with Gasteiger partial charge in [-0.1, -0.05) is 99.6 Å². The van der Waals surface area contributed by atoms with Crippen LogP contribution in [-0.2, 0) is 40.1 Å². The third-order valence-electron chi connectivity index (χ3n) is 12.4. The molecule has 5 atom stereocenters. The number of aromatic nitrogens is 6. The zero-order valence-electron chi connectivity index (χ0n) is 39.7. The van der Waals surface area contributed by atoms with Crippen LogP contribution in [-0.4, -0.2) is 119 Å². The number of aromatic amines is 1. The standard InChI is InChI=1S/C43H43BN7O10P.C6H15N/c1-49(2)42-47-39-36(40(52)48-42)46-27-51(39)41-38-37(35(59-41)25-58-62(53,54)50-23-22-45-26-50)60-44(61-38)32-16-10-28(11-17-32)24-57-43(29-8-6-5-7-9-29,30-12-18-33(55-3)19-13-30)31-14-20-34(56-4)21-15-31;1-4-7(5-2)6-3/h5-23,26-27,35,37-38,41H,24-25H2,1-4H3,(H,53,54)(H,47,48,52);4-6H2,1-3H3/t35-,37-,38-,41-;/m1./s1. The number of nitrogens with zero attached hydrogens (tertiary/aromatic N) is 7. The summed E-state index contributed by atoms with van der Waals surface area (Å²) in [5.41, 5.74) is 3.30. The van der Waals surface area contributed by atoms with Gasteiger partial charge in [0.15, 0.2) is 17.4 Å². The number of hydrogen-bond acceptors (Lipinski definition) is 14. The Hall–Kier alpha value is -6.15. The van der Waals surface area contributed by atoms with Gasteiger partial charge in [-0.2, -0.15) is 4.98 Å². The van der Waals surface area contributed by atoms with Crippen LogP contribution in [0.1, 0.15) is 49.3 Å². The van der Waals surface area contributed by atoms with Crippen LogP contribution < -0.4 is 25.4 Å². The van der Waals surface area contributed by atoms with E-state index in [4.69, 9.17) is 32.8 Å². The highest BCUT2D eigenvalue weighted by Gasteiger charge is 2.56. The first-order chi connectivity index (χ1) is 33.4. The third-order valence-corrected chi connectivity index (χ3v) is 13.7. The zero-order valence-corrected chi connectivity index (χ0v) is 40.6. The van der Waals surface area contributed by atoms with Crippen LogP contribution in [0.15, 0.2) is 133 Å². The van der Waals surface area contributed by atoms with Crippen molar-refractivity contribution >= 4 is 37.4 Å². The Morgan fingerprint density at radius 3 is 1.99 bits per heavy atom. The molecule has 2 aliphatic rings. The van der Waals surface area contributed by atoms with Gasteiger partial charge in [0.25, 0.3) is 5.56 Å². The van der Waals surface area contributed by atoms with Crippen molar-refractivity contribution in [3.63, 3.8) is 0 Å². The Morgan fingerprint density at radius 2 is 1.43 bits per heavy atom. The Labute approximate surface area is 401 Å². The van der Waals surface area contributed by atoms with Gasteiger partial charge in [-0.3, -0.25) is 18.9 Å². The molecule has 0 aliphatic carbocycles. The van der Waals surface area contributed by atoms with Crippen molar-refractivity contribution < 1.29 is 42.2 Å². The molecule has 3 aromatic heterocycles. The van der Waals surface area contributed by atoms with E-state index in [1.54, 1.807) is 37.8 Å². The molecule has 20 heteroatoms. The number of methoxy groups -OCH3 is 2. The van der Waals surface area contributed by atoms with E-state index in [1.807, 2.05) is 91.0 Å². The second-order valence-electron chi connectivity index (χ2n) is 16.6. The summed E-state index contributed by atoms with van der Waals surface area (Å²) < 4.78 is 58.9. The van der Waals surface area contributed by atoms with Crippen molar-refractivity contribution in [2.24, 2.45) is 0 Å². The normalized spacial score (nSPS) is 18.7. The number of anilines is 1. The molecule has 9 rings (SSSR count). The quantitative estimate of drug-likeness (QED) is 0.0579. The first-order valence-electron chi connectivity index (χ1n) is 22.8. The molecule has 18 nitrogen and oxygen atoms in total. The van der Waals surface area contributed by atoms with Gasteiger partial charge < -0.3 is 42.9 Å². The van der Waals surface area contributed by atoms with Crippen molar-refractivity contribution in [3.05, 3.63) is 161 Å². The molecule has 69 heavy (non-hydrogen) atoms. The fourth-order valence-corrected chi connectivity index (χ4v) is 9.40. The summed E-state index contributed by atoms with van der Waals surface area (Å²) in [7, 11) is 1.61. The van der Waals surface area contributed by atoms with Crippen LogP contribution in [0, 0.1) is 0 Å². The highest BCUT2D eigenvalue weighted by atomic mass is 31.2. The molecular weight excluding hydrogens is 902 g/mol. The van der Waals surface area contributed by atoms with Gasteiger partial charge in [0.2, 0.25) is 5.95 Å².